The normalized spacial score (nSPS) is 11.2. The molecule has 0 saturated carbocycles. The largest absolute Gasteiger partial charge is 0.310 e. The van der Waals surface area contributed by atoms with Gasteiger partial charge in [0.15, 0.2) is 0 Å². The van der Waals surface area contributed by atoms with Crippen molar-refractivity contribution in [1.29, 1.82) is 0 Å². The van der Waals surface area contributed by atoms with Gasteiger partial charge >= 0.3 is 0 Å². The SMILES string of the molecule is c1ccc(-c2ccc(-n3c4ccccc4c4cc(-c5cc(N(c6ccccc6)c6ccccc6)cc(N(c6ccccc6)c6ccccc6)c5)ccc43)cc2)cc1.c1ccc(-c2ccc(N(c3ccccc3)c3cc(-c4ccc5c(c4)c4ccccc4n5-c4ccccc4)cc(N(c4ccccc4)c4ccc(-c5ccccc5)cc4)c3)cc2)cc1. The van der Waals surface area contributed by atoms with Gasteiger partial charge in [0.1, 0.15) is 0 Å². The molecule has 0 bridgehead atoms. The van der Waals surface area contributed by atoms with Crippen molar-refractivity contribution >= 4 is 112 Å². The molecule has 0 amide bonds. The lowest BCUT2D eigenvalue weighted by Crippen LogP contribution is -2.13. The molecule has 0 atom stereocenters. The Kier molecular flexibility index (Phi) is 20.1. The van der Waals surface area contributed by atoms with Gasteiger partial charge in [-0.3, -0.25) is 0 Å². The average molecular weight is 1540 g/mol. The lowest BCUT2D eigenvalue weighted by Gasteiger charge is -2.30. The Balaban J connectivity index is 0.000000154. The number of benzene rings is 19. The van der Waals surface area contributed by atoms with Gasteiger partial charge in [-0.25, -0.2) is 0 Å². The van der Waals surface area contributed by atoms with Crippen molar-refractivity contribution in [1.82, 2.24) is 9.13 Å². The molecule has 19 aromatic carbocycles. The lowest BCUT2D eigenvalue weighted by molar-refractivity contribution is 1.18. The highest BCUT2D eigenvalue weighted by Crippen LogP contribution is 2.48. The predicted molar refractivity (Wildman–Crippen MR) is 507 cm³/mol. The van der Waals surface area contributed by atoms with E-state index in [9.17, 15) is 0 Å². The summed E-state index contributed by atoms with van der Waals surface area (Å²) in [7, 11) is 0. The number of nitrogens with zero attached hydrogens (tertiary/aromatic N) is 6. The fourth-order valence-corrected chi connectivity index (χ4v) is 17.0. The van der Waals surface area contributed by atoms with E-state index in [1.54, 1.807) is 0 Å². The smallest absolute Gasteiger partial charge is 0.0541 e. The van der Waals surface area contributed by atoms with Crippen molar-refractivity contribution in [3.63, 3.8) is 0 Å². The maximum Gasteiger partial charge on any atom is 0.0541 e. The van der Waals surface area contributed by atoms with Crippen molar-refractivity contribution in [3.8, 4) is 67.0 Å². The zero-order valence-corrected chi connectivity index (χ0v) is 66.0. The van der Waals surface area contributed by atoms with Gasteiger partial charge in [0.05, 0.1) is 22.1 Å². The molecule has 120 heavy (non-hydrogen) atoms. The second-order valence-corrected chi connectivity index (χ2v) is 30.1. The van der Waals surface area contributed by atoms with Crippen LogP contribution in [0.1, 0.15) is 0 Å². The first-order chi connectivity index (χ1) is 59.5. The monoisotopic (exact) mass is 1530 g/mol. The maximum atomic E-state index is 2.39. The first-order valence-corrected chi connectivity index (χ1v) is 40.9. The number of rotatable bonds is 19. The Hall–Kier alpha value is -16.0. The topological polar surface area (TPSA) is 22.8 Å². The molecule has 0 radical (unpaired) electrons. The van der Waals surface area contributed by atoms with Crippen LogP contribution in [0.25, 0.3) is 111 Å². The summed E-state index contributed by atoms with van der Waals surface area (Å²) in [4.78, 5) is 9.46. The van der Waals surface area contributed by atoms with Gasteiger partial charge < -0.3 is 28.7 Å². The van der Waals surface area contributed by atoms with Crippen LogP contribution in [0.2, 0.25) is 0 Å². The van der Waals surface area contributed by atoms with Gasteiger partial charge in [0.25, 0.3) is 0 Å². The van der Waals surface area contributed by atoms with Gasteiger partial charge in [0, 0.05) is 101 Å². The van der Waals surface area contributed by atoms with E-state index in [2.05, 4.69) is 526 Å². The van der Waals surface area contributed by atoms with E-state index >= 15 is 0 Å². The third-order valence-electron chi connectivity index (χ3n) is 22.6. The van der Waals surface area contributed by atoms with E-state index in [1.165, 1.54) is 77.0 Å². The number of anilines is 12. The molecule has 0 aliphatic rings. The number of fused-ring (bicyclic) bond motifs is 6. The predicted octanol–water partition coefficient (Wildman–Crippen LogP) is 31.8. The first kappa shape index (κ1) is 72.9. The first-order valence-electron chi connectivity index (χ1n) is 40.9. The highest BCUT2D eigenvalue weighted by molar-refractivity contribution is 6.12. The molecule has 0 aliphatic heterocycles. The van der Waals surface area contributed by atoms with Crippen molar-refractivity contribution in [2.45, 2.75) is 0 Å². The summed E-state index contributed by atoms with van der Waals surface area (Å²) in [5.41, 5.74) is 31.6. The molecule has 2 aromatic heterocycles. The Bertz CT molecular complexity index is 6750. The van der Waals surface area contributed by atoms with E-state index in [0.717, 1.165) is 102 Å². The summed E-state index contributed by atoms with van der Waals surface area (Å²) in [5.74, 6) is 0. The fraction of sp³-hybridized carbons (Fsp3) is 0. The average Bonchev–Trinajstić information content (AvgIpc) is 1.66. The van der Waals surface area contributed by atoms with Gasteiger partial charge in [-0.15, -0.1) is 0 Å². The van der Waals surface area contributed by atoms with E-state index in [0.29, 0.717) is 0 Å². The third kappa shape index (κ3) is 14.7. The third-order valence-corrected chi connectivity index (χ3v) is 22.6. The fourth-order valence-electron chi connectivity index (χ4n) is 17.0. The minimum Gasteiger partial charge on any atom is -0.310 e. The second kappa shape index (κ2) is 33.1. The van der Waals surface area contributed by atoms with E-state index in [4.69, 9.17) is 0 Å². The van der Waals surface area contributed by atoms with Crippen molar-refractivity contribution in [3.05, 3.63) is 497 Å². The van der Waals surface area contributed by atoms with Crippen LogP contribution < -0.4 is 19.6 Å². The number of hydrogen-bond donors (Lipinski definition) is 0. The van der Waals surface area contributed by atoms with Crippen molar-refractivity contribution in [2.75, 3.05) is 19.6 Å². The van der Waals surface area contributed by atoms with E-state index in [1.807, 2.05) is 0 Å². The zero-order chi connectivity index (χ0) is 79.9. The number of hydrogen-bond acceptors (Lipinski definition) is 4. The Morgan fingerprint density at radius 1 is 0.117 bits per heavy atom. The molecule has 21 rings (SSSR count). The quantitative estimate of drug-likeness (QED) is 0.0805. The molecule has 0 unspecified atom stereocenters. The summed E-state index contributed by atoms with van der Waals surface area (Å²) in [5, 5.41) is 4.88. The Morgan fingerprint density at radius 3 is 0.617 bits per heavy atom. The molecule has 0 fully saturated rings. The van der Waals surface area contributed by atoms with Crippen LogP contribution in [0.3, 0.4) is 0 Å². The molecule has 2 heterocycles. The summed E-state index contributed by atoms with van der Waals surface area (Å²) in [6.07, 6.45) is 0. The van der Waals surface area contributed by atoms with Crippen molar-refractivity contribution < 1.29 is 0 Å². The van der Waals surface area contributed by atoms with E-state index < -0.39 is 0 Å². The van der Waals surface area contributed by atoms with Crippen LogP contribution in [0.5, 0.6) is 0 Å². The van der Waals surface area contributed by atoms with Gasteiger partial charge in [-0.2, -0.15) is 0 Å². The summed E-state index contributed by atoms with van der Waals surface area (Å²) < 4.78 is 4.77. The van der Waals surface area contributed by atoms with Crippen LogP contribution in [0, 0.1) is 0 Å². The Morgan fingerprint density at radius 2 is 0.325 bits per heavy atom. The maximum absolute atomic E-state index is 2.39. The zero-order valence-electron chi connectivity index (χ0n) is 66.0. The summed E-state index contributed by atoms with van der Waals surface area (Å²) >= 11 is 0. The molecule has 568 valence electrons. The summed E-state index contributed by atoms with van der Waals surface area (Å²) in [6.45, 7) is 0. The van der Waals surface area contributed by atoms with E-state index in [-0.39, 0.29) is 0 Å². The molecule has 6 nitrogen and oxygen atoms in total. The molecular weight excluding hydrogens is 1450 g/mol. The van der Waals surface area contributed by atoms with Crippen LogP contribution in [-0.2, 0) is 0 Å². The van der Waals surface area contributed by atoms with Gasteiger partial charge in [-0.1, -0.05) is 303 Å². The standard InChI is InChI=1S/C60H43N3.C54H39N3/c1-6-18-44(19-7-1)46-30-35-53(36-31-46)61(50-22-10-3-11-23-50)55-40-49(48-34-39-60-58(42-48)57-28-16-17-29-59(57)63(60)52-26-14-5-15-27-52)41-56(43-55)62(51-24-12-4-13-25-51)54-37-32-47(33-38-54)45-20-8-2-9-21-45;1-6-18-40(19-7-1)41-30-33-48(34-31-41)57-53-29-17-16-28-51(53)52-38-42(32-35-54(52)57)43-36-49(55(44-20-8-2-9-21-44)45-22-10-3-11-23-45)39-50(37-43)56(46-24-12-4-13-25-46)47-26-14-5-15-27-47/h1-43H;1-39H. The van der Waals surface area contributed by atoms with Crippen LogP contribution in [0.4, 0.5) is 68.2 Å². The van der Waals surface area contributed by atoms with Gasteiger partial charge in [0.2, 0.25) is 0 Å². The highest BCUT2D eigenvalue weighted by atomic mass is 15.2. The van der Waals surface area contributed by atoms with Crippen molar-refractivity contribution in [2.24, 2.45) is 0 Å². The molecule has 6 heteroatoms. The Labute approximate surface area is 700 Å². The molecule has 0 saturated heterocycles. The number of aromatic nitrogens is 2. The van der Waals surface area contributed by atoms with Crippen LogP contribution in [0.15, 0.2) is 497 Å². The number of para-hydroxylation sites is 9. The van der Waals surface area contributed by atoms with Gasteiger partial charge in [-0.05, 0) is 250 Å². The molecule has 0 aliphatic carbocycles. The highest BCUT2D eigenvalue weighted by Gasteiger charge is 2.25. The molecular formula is C114H82N6. The van der Waals surface area contributed by atoms with Crippen LogP contribution >= 0.6 is 0 Å². The lowest BCUT2D eigenvalue weighted by atomic mass is 9.99. The minimum atomic E-state index is 1.05. The molecule has 0 spiro atoms. The van der Waals surface area contributed by atoms with Crippen LogP contribution in [-0.4, -0.2) is 9.13 Å². The molecule has 0 N–H and O–H groups in total. The molecule has 21 aromatic rings. The summed E-state index contributed by atoms with van der Waals surface area (Å²) in [6, 6.07) is 179. The second-order valence-electron chi connectivity index (χ2n) is 30.1. The minimum absolute atomic E-state index is 1.05.